The zero-order valence-electron chi connectivity index (χ0n) is 17.4. The van der Waals surface area contributed by atoms with Crippen LogP contribution in [0.1, 0.15) is 40.4 Å². The molecule has 1 aliphatic carbocycles. The summed E-state index contributed by atoms with van der Waals surface area (Å²) in [5, 5.41) is 2.88. The lowest BCUT2D eigenvalue weighted by molar-refractivity contribution is -0.274. The summed E-state index contributed by atoms with van der Waals surface area (Å²) in [5.41, 5.74) is 3.55. The van der Waals surface area contributed by atoms with Gasteiger partial charge < -0.3 is 15.0 Å². The molecule has 31 heavy (non-hydrogen) atoms. The van der Waals surface area contributed by atoms with Crippen LogP contribution in [0.4, 0.5) is 18.9 Å². The molecule has 5 nitrogen and oxygen atoms in total. The van der Waals surface area contributed by atoms with Crippen molar-refractivity contribution in [2.45, 2.75) is 31.7 Å². The van der Waals surface area contributed by atoms with Crippen LogP contribution in [0.15, 0.2) is 42.5 Å². The number of amides is 1. The number of anilines is 1. The lowest BCUT2D eigenvalue weighted by atomic mass is 9.86. The summed E-state index contributed by atoms with van der Waals surface area (Å²) in [7, 11) is 2.14. The molecule has 4 rings (SSSR count). The monoisotopic (exact) mass is 433 g/mol. The molecule has 2 aromatic carbocycles. The van der Waals surface area contributed by atoms with Crippen molar-refractivity contribution in [2.24, 2.45) is 0 Å². The second-order valence-electron chi connectivity index (χ2n) is 8.19. The van der Waals surface area contributed by atoms with Gasteiger partial charge in [0.05, 0.1) is 0 Å². The second-order valence-corrected chi connectivity index (χ2v) is 8.19. The van der Waals surface area contributed by atoms with Gasteiger partial charge in [0.2, 0.25) is 0 Å². The fourth-order valence-corrected chi connectivity index (χ4v) is 4.38. The van der Waals surface area contributed by atoms with Crippen LogP contribution in [0, 0.1) is 0 Å². The molecule has 1 aliphatic heterocycles. The van der Waals surface area contributed by atoms with E-state index in [1.807, 2.05) is 6.07 Å². The number of hydrogen-bond acceptors (Lipinski definition) is 4. The van der Waals surface area contributed by atoms with Gasteiger partial charge in [-0.25, -0.2) is 0 Å². The molecule has 0 bridgehead atoms. The van der Waals surface area contributed by atoms with Crippen molar-refractivity contribution in [3.8, 4) is 5.75 Å². The molecule has 1 unspecified atom stereocenters. The van der Waals surface area contributed by atoms with Gasteiger partial charge in [-0.15, -0.1) is 13.2 Å². The van der Waals surface area contributed by atoms with E-state index in [0.717, 1.165) is 57.6 Å². The highest BCUT2D eigenvalue weighted by atomic mass is 19.4. The lowest BCUT2D eigenvalue weighted by Crippen LogP contribution is -2.46. The Bertz CT molecular complexity index is 923. The van der Waals surface area contributed by atoms with Gasteiger partial charge in [-0.05, 0) is 73.8 Å². The number of fused-ring (bicyclic) bond motifs is 1. The van der Waals surface area contributed by atoms with Crippen molar-refractivity contribution >= 4 is 11.6 Å². The molecule has 1 saturated heterocycles. The molecule has 0 spiro atoms. The van der Waals surface area contributed by atoms with Crippen LogP contribution in [0.2, 0.25) is 0 Å². The Hall–Kier alpha value is -2.58. The summed E-state index contributed by atoms with van der Waals surface area (Å²) in [5.74, 6) is -0.724. The normalized spacial score (nSPS) is 20.2. The fourth-order valence-electron chi connectivity index (χ4n) is 4.38. The molecule has 0 radical (unpaired) electrons. The number of aryl methyl sites for hydroxylation is 1. The quantitative estimate of drug-likeness (QED) is 0.773. The third-order valence-corrected chi connectivity index (χ3v) is 6.02. The first-order chi connectivity index (χ1) is 14.8. The van der Waals surface area contributed by atoms with Gasteiger partial charge in [-0.2, -0.15) is 0 Å². The summed E-state index contributed by atoms with van der Waals surface area (Å²) in [4.78, 5) is 17.5. The van der Waals surface area contributed by atoms with Gasteiger partial charge in [0.1, 0.15) is 5.75 Å². The number of ether oxygens (including phenoxy) is 1. The number of benzene rings is 2. The fraction of sp³-hybridized carbons (Fsp3) is 0.435. The molecule has 166 valence electrons. The number of rotatable bonds is 4. The first-order valence-corrected chi connectivity index (χ1v) is 10.5. The topological polar surface area (TPSA) is 44.8 Å². The standard InChI is InChI=1S/C23H26F3N3O2/c1-28-11-13-29(14-12-28)21-4-2-3-16-5-8-18(15-20(16)21)27-22(30)17-6-9-19(10-7-17)31-23(24,25)26/h5-10,15,21H,2-4,11-14H2,1H3,(H,27,30). The van der Waals surface area contributed by atoms with E-state index in [-0.39, 0.29) is 17.2 Å². The van der Waals surface area contributed by atoms with Crippen molar-refractivity contribution in [3.05, 3.63) is 59.2 Å². The molecule has 1 heterocycles. The predicted octanol–water partition coefficient (Wildman–Crippen LogP) is 4.46. The summed E-state index contributed by atoms with van der Waals surface area (Å²) < 4.78 is 40.8. The molecular formula is C23H26F3N3O2. The number of nitrogens with zero attached hydrogens (tertiary/aromatic N) is 2. The van der Waals surface area contributed by atoms with Crippen LogP contribution in [0.25, 0.3) is 0 Å². The minimum atomic E-state index is -4.76. The SMILES string of the molecule is CN1CCN(C2CCCc3ccc(NC(=O)c4ccc(OC(F)(F)F)cc4)cc32)CC1. The van der Waals surface area contributed by atoms with Crippen molar-refractivity contribution in [1.29, 1.82) is 0 Å². The highest BCUT2D eigenvalue weighted by molar-refractivity contribution is 6.04. The predicted molar refractivity (Wildman–Crippen MR) is 112 cm³/mol. The Morgan fingerprint density at radius 3 is 2.45 bits per heavy atom. The van der Waals surface area contributed by atoms with E-state index in [4.69, 9.17) is 0 Å². The molecule has 1 amide bonds. The average Bonchev–Trinajstić information content (AvgIpc) is 2.73. The highest BCUT2D eigenvalue weighted by Gasteiger charge is 2.31. The van der Waals surface area contributed by atoms with E-state index in [0.29, 0.717) is 11.7 Å². The van der Waals surface area contributed by atoms with Gasteiger partial charge >= 0.3 is 6.36 Å². The number of piperazine rings is 1. The molecule has 0 saturated carbocycles. The maximum Gasteiger partial charge on any atom is 0.573 e. The van der Waals surface area contributed by atoms with Crippen LogP contribution >= 0.6 is 0 Å². The third kappa shape index (κ3) is 5.37. The average molecular weight is 433 g/mol. The molecular weight excluding hydrogens is 407 g/mol. The van der Waals surface area contributed by atoms with Crippen molar-refractivity contribution in [1.82, 2.24) is 9.80 Å². The second kappa shape index (κ2) is 8.88. The Kier molecular flexibility index (Phi) is 6.20. The molecule has 1 N–H and O–H groups in total. The zero-order chi connectivity index (χ0) is 22.0. The highest BCUT2D eigenvalue weighted by Crippen LogP contribution is 2.36. The van der Waals surface area contributed by atoms with Gasteiger partial charge in [-0.1, -0.05) is 6.07 Å². The number of hydrogen-bond donors (Lipinski definition) is 1. The van der Waals surface area contributed by atoms with E-state index in [1.165, 1.54) is 23.3 Å². The first-order valence-electron chi connectivity index (χ1n) is 10.5. The van der Waals surface area contributed by atoms with E-state index in [9.17, 15) is 18.0 Å². The largest absolute Gasteiger partial charge is 0.573 e. The minimum Gasteiger partial charge on any atom is -0.406 e. The summed E-state index contributed by atoms with van der Waals surface area (Å²) in [6.07, 6.45) is -1.46. The molecule has 2 aliphatic rings. The van der Waals surface area contributed by atoms with Gasteiger partial charge in [-0.3, -0.25) is 9.69 Å². The van der Waals surface area contributed by atoms with E-state index in [1.54, 1.807) is 0 Å². The van der Waals surface area contributed by atoms with Crippen molar-refractivity contribution < 1.29 is 22.7 Å². The Morgan fingerprint density at radius 1 is 1.06 bits per heavy atom. The molecule has 1 fully saturated rings. The Morgan fingerprint density at radius 2 is 1.77 bits per heavy atom. The van der Waals surface area contributed by atoms with Crippen molar-refractivity contribution in [2.75, 3.05) is 38.5 Å². The van der Waals surface area contributed by atoms with Gasteiger partial charge in [0.15, 0.2) is 0 Å². The number of halogens is 3. The summed E-state index contributed by atoms with van der Waals surface area (Å²) >= 11 is 0. The summed E-state index contributed by atoms with van der Waals surface area (Å²) in [6.45, 7) is 4.17. The number of likely N-dealkylation sites (N-methyl/N-ethyl adjacent to an activating group) is 1. The third-order valence-electron chi connectivity index (χ3n) is 6.02. The van der Waals surface area contributed by atoms with E-state index < -0.39 is 6.36 Å². The number of carbonyl (C=O) groups excluding carboxylic acids is 1. The van der Waals surface area contributed by atoms with Crippen LogP contribution < -0.4 is 10.1 Å². The number of carbonyl (C=O) groups is 1. The Balaban J connectivity index is 1.47. The smallest absolute Gasteiger partial charge is 0.406 e. The van der Waals surface area contributed by atoms with Gasteiger partial charge in [0.25, 0.3) is 5.91 Å². The minimum absolute atomic E-state index is 0.267. The van der Waals surface area contributed by atoms with Crippen molar-refractivity contribution in [3.63, 3.8) is 0 Å². The van der Waals surface area contributed by atoms with E-state index in [2.05, 4.69) is 39.0 Å². The molecule has 1 atom stereocenters. The molecule has 2 aromatic rings. The lowest BCUT2D eigenvalue weighted by Gasteiger charge is -2.40. The van der Waals surface area contributed by atoms with Gasteiger partial charge in [0, 0.05) is 43.5 Å². The van der Waals surface area contributed by atoms with Crippen LogP contribution in [-0.4, -0.2) is 55.3 Å². The number of alkyl halides is 3. The zero-order valence-corrected chi connectivity index (χ0v) is 17.4. The molecule has 0 aromatic heterocycles. The van der Waals surface area contributed by atoms with E-state index >= 15 is 0 Å². The van der Waals surface area contributed by atoms with Crippen LogP contribution in [0.5, 0.6) is 5.75 Å². The maximum atomic E-state index is 12.6. The summed E-state index contributed by atoms with van der Waals surface area (Å²) in [6, 6.07) is 11.3. The van der Waals surface area contributed by atoms with Crippen LogP contribution in [0.3, 0.4) is 0 Å². The Labute approximate surface area is 179 Å². The number of nitrogens with one attached hydrogen (secondary N) is 1. The maximum absolute atomic E-state index is 12.6. The first kappa shape index (κ1) is 21.6. The van der Waals surface area contributed by atoms with Crippen LogP contribution in [-0.2, 0) is 6.42 Å². The molecule has 8 heteroatoms.